The lowest BCUT2D eigenvalue weighted by Crippen LogP contribution is -2.18. The number of carbonyl (C=O) groups excluding carboxylic acids is 1. The molecule has 0 radical (unpaired) electrons. The number of hydrogen-bond donors (Lipinski definition) is 2. The SMILES string of the molecule is Cc1ccc(C(=O)Nc2cc(=O)[nH]c3nc(C(F)(F)F)nn23)cc1. The van der Waals surface area contributed by atoms with E-state index in [1.54, 1.807) is 24.3 Å². The third kappa shape index (κ3) is 2.98. The lowest BCUT2D eigenvalue weighted by molar-refractivity contribution is -0.144. The fraction of sp³-hybridized carbons (Fsp3) is 0.143. The molecule has 3 rings (SSSR count). The number of nitrogens with zero attached hydrogens (tertiary/aromatic N) is 3. The number of anilines is 1. The second kappa shape index (κ2) is 5.48. The molecule has 2 heterocycles. The van der Waals surface area contributed by atoms with Crippen LogP contribution in [0.3, 0.4) is 0 Å². The Kier molecular flexibility index (Phi) is 3.59. The van der Waals surface area contributed by atoms with Gasteiger partial charge in [0.05, 0.1) is 0 Å². The number of aromatic amines is 1. The summed E-state index contributed by atoms with van der Waals surface area (Å²) in [7, 11) is 0. The molecule has 0 atom stereocenters. The molecule has 1 aromatic carbocycles. The number of halogens is 3. The predicted octanol–water partition coefficient (Wildman–Crippen LogP) is 2.00. The van der Waals surface area contributed by atoms with Crippen molar-refractivity contribution < 1.29 is 18.0 Å². The minimum atomic E-state index is -4.78. The van der Waals surface area contributed by atoms with Crippen LogP contribution in [0.25, 0.3) is 5.78 Å². The molecule has 10 heteroatoms. The van der Waals surface area contributed by atoms with E-state index in [1.165, 1.54) is 0 Å². The highest BCUT2D eigenvalue weighted by Gasteiger charge is 2.36. The van der Waals surface area contributed by atoms with Crippen molar-refractivity contribution in [1.29, 1.82) is 0 Å². The number of carbonyl (C=O) groups is 1. The number of alkyl halides is 3. The van der Waals surface area contributed by atoms with Gasteiger partial charge in [-0.25, -0.2) is 0 Å². The second-order valence-electron chi connectivity index (χ2n) is 5.01. The Morgan fingerprint density at radius 2 is 1.92 bits per heavy atom. The van der Waals surface area contributed by atoms with Gasteiger partial charge in [0.15, 0.2) is 0 Å². The number of hydrogen-bond acceptors (Lipinski definition) is 4. The lowest BCUT2D eigenvalue weighted by Gasteiger charge is -2.06. The van der Waals surface area contributed by atoms with E-state index in [1.807, 2.05) is 6.92 Å². The van der Waals surface area contributed by atoms with Gasteiger partial charge in [0, 0.05) is 11.6 Å². The van der Waals surface area contributed by atoms with Crippen LogP contribution in [0, 0.1) is 6.92 Å². The quantitative estimate of drug-likeness (QED) is 0.748. The van der Waals surface area contributed by atoms with E-state index in [0.717, 1.165) is 16.1 Å². The summed E-state index contributed by atoms with van der Waals surface area (Å²) in [5.41, 5.74) is 0.504. The zero-order chi connectivity index (χ0) is 17.5. The zero-order valence-corrected chi connectivity index (χ0v) is 12.2. The van der Waals surface area contributed by atoms with E-state index in [4.69, 9.17) is 0 Å². The topological polar surface area (TPSA) is 92.1 Å². The molecule has 0 fully saturated rings. The van der Waals surface area contributed by atoms with E-state index in [9.17, 15) is 22.8 Å². The van der Waals surface area contributed by atoms with E-state index in [0.29, 0.717) is 0 Å². The van der Waals surface area contributed by atoms with Gasteiger partial charge in [0.1, 0.15) is 5.82 Å². The highest BCUT2D eigenvalue weighted by molar-refractivity contribution is 6.03. The van der Waals surface area contributed by atoms with Crippen molar-refractivity contribution in [2.45, 2.75) is 13.1 Å². The smallest absolute Gasteiger partial charge is 0.306 e. The Hall–Kier alpha value is -3.17. The summed E-state index contributed by atoms with van der Waals surface area (Å²) in [5.74, 6) is -2.66. The molecule has 0 saturated heterocycles. The molecule has 3 aromatic rings. The average Bonchev–Trinajstić information content (AvgIpc) is 2.92. The summed E-state index contributed by atoms with van der Waals surface area (Å²) in [6.45, 7) is 1.84. The number of H-pyrrole nitrogens is 1. The molecule has 2 aromatic heterocycles. The van der Waals surface area contributed by atoms with Gasteiger partial charge < -0.3 is 5.32 Å². The monoisotopic (exact) mass is 337 g/mol. The van der Waals surface area contributed by atoms with Crippen LogP contribution < -0.4 is 10.9 Å². The van der Waals surface area contributed by atoms with Crippen molar-refractivity contribution in [3.05, 3.63) is 57.6 Å². The Balaban J connectivity index is 2.02. The van der Waals surface area contributed by atoms with Crippen molar-refractivity contribution in [2.24, 2.45) is 0 Å². The first kappa shape index (κ1) is 15.7. The van der Waals surface area contributed by atoms with Gasteiger partial charge in [0.2, 0.25) is 5.78 Å². The molecule has 124 valence electrons. The second-order valence-corrected chi connectivity index (χ2v) is 5.01. The zero-order valence-electron chi connectivity index (χ0n) is 12.2. The highest BCUT2D eigenvalue weighted by atomic mass is 19.4. The minimum Gasteiger partial charge on any atom is -0.306 e. The molecule has 0 aliphatic rings. The molecule has 0 spiro atoms. The summed E-state index contributed by atoms with van der Waals surface area (Å²) < 4.78 is 38.8. The van der Waals surface area contributed by atoms with Crippen molar-refractivity contribution in [2.75, 3.05) is 5.32 Å². The maximum absolute atomic E-state index is 12.7. The third-order valence-electron chi connectivity index (χ3n) is 3.15. The maximum Gasteiger partial charge on any atom is 0.453 e. The van der Waals surface area contributed by atoms with Crippen LogP contribution in [-0.2, 0) is 6.18 Å². The Bertz CT molecular complexity index is 973. The molecule has 0 aliphatic heterocycles. The Labute approximate surface area is 132 Å². The predicted molar refractivity (Wildman–Crippen MR) is 77.7 cm³/mol. The molecule has 1 amide bonds. The van der Waals surface area contributed by atoms with Gasteiger partial charge >= 0.3 is 6.18 Å². The van der Waals surface area contributed by atoms with E-state index >= 15 is 0 Å². The number of aryl methyl sites for hydroxylation is 1. The summed E-state index contributed by atoms with van der Waals surface area (Å²) in [5, 5.41) is 5.64. The molecular formula is C14H10F3N5O2. The number of rotatable bonds is 2. The fourth-order valence-electron chi connectivity index (χ4n) is 2.00. The molecule has 24 heavy (non-hydrogen) atoms. The maximum atomic E-state index is 12.7. The number of fused-ring (bicyclic) bond motifs is 1. The summed E-state index contributed by atoms with van der Waals surface area (Å²) >= 11 is 0. The first-order valence-corrected chi connectivity index (χ1v) is 6.69. The van der Waals surface area contributed by atoms with Crippen LogP contribution >= 0.6 is 0 Å². The van der Waals surface area contributed by atoms with Crippen molar-refractivity contribution in [1.82, 2.24) is 19.6 Å². The van der Waals surface area contributed by atoms with E-state index in [2.05, 4.69) is 20.4 Å². The molecule has 0 aliphatic carbocycles. The van der Waals surface area contributed by atoms with Crippen molar-refractivity contribution in [3.63, 3.8) is 0 Å². The van der Waals surface area contributed by atoms with E-state index < -0.39 is 29.2 Å². The van der Waals surface area contributed by atoms with Gasteiger partial charge in [-0.2, -0.15) is 22.7 Å². The third-order valence-corrected chi connectivity index (χ3v) is 3.15. The van der Waals surface area contributed by atoms with Crippen molar-refractivity contribution in [3.8, 4) is 0 Å². The first-order chi connectivity index (χ1) is 11.2. The molecule has 0 bridgehead atoms. The summed E-state index contributed by atoms with van der Waals surface area (Å²) in [6, 6.07) is 7.45. The Morgan fingerprint density at radius 1 is 1.25 bits per heavy atom. The minimum absolute atomic E-state index is 0.220. The van der Waals surface area contributed by atoms with Crippen LogP contribution in [0.1, 0.15) is 21.7 Å². The lowest BCUT2D eigenvalue weighted by atomic mass is 10.1. The average molecular weight is 337 g/mol. The summed E-state index contributed by atoms with van der Waals surface area (Å²) in [6.07, 6.45) is -4.78. The van der Waals surface area contributed by atoms with Crippen molar-refractivity contribution >= 4 is 17.5 Å². The van der Waals surface area contributed by atoms with Crippen LogP contribution in [0.2, 0.25) is 0 Å². The van der Waals surface area contributed by atoms with Gasteiger partial charge in [-0.1, -0.05) is 17.7 Å². The summed E-state index contributed by atoms with van der Waals surface area (Å²) in [4.78, 5) is 29.1. The van der Waals surface area contributed by atoms with E-state index in [-0.39, 0.29) is 11.4 Å². The Morgan fingerprint density at radius 3 is 2.54 bits per heavy atom. The largest absolute Gasteiger partial charge is 0.453 e. The normalized spacial score (nSPS) is 11.7. The van der Waals surface area contributed by atoms with Crippen LogP contribution in [0.5, 0.6) is 0 Å². The van der Waals surface area contributed by atoms with Gasteiger partial charge in [-0.05, 0) is 19.1 Å². The van der Waals surface area contributed by atoms with Gasteiger partial charge in [-0.3, -0.25) is 14.6 Å². The van der Waals surface area contributed by atoms with Crippen LogP contribution in [0.15, 0.2) is 35.1 Å². The number of benzene rings is 1. The molecular weight excluding hydrogens is 327 g/mol. The number of aromatic nitrogens is 4. The number of amides is 1. The molecule has 7 nitrogen and oxygen atoms in total. The number of nitrogens with one attached hydrogen (secondary N) is 2. The van der Waals surface area contributed by atoms with Crippen LogP contribution in [-0.4, -0.2) is 25.5 Å². The van der Waals surface area contributed by atoms with Gasteiger partial charge in [-0.15, -0.1) is 5.10 Å². The van der Waals surface area contributed by atoms with Crippen LogP contribution in [0.4, 0.5) is 19.0 Å². The highest BCUT2D eigenvalue weighted by Crippen LogP contribution is 2.26. The first-order valence-electron chi connectivity index (χ1n) is 6.69. The van der Waals surface area contributed by atoms with Gasteiger partial charge in [0.25, 0.3) is 17.3 Å². The molecule has 0 unspecified atom stereocenters. The molecule has 2 N–H and O–H groups in total. The fourth-order valence-corrected chi connectivity index (χ4v) is 2.00. The standard InChI is InChI=1S/C14H10F3N5O2/c1-7-2-4-8(5-3-7)11(24)18-9-6-10(23)19-13-20-12(14(15,16)17)21-22(9)13/h2-6H,1H3,(H,18,24)(H,19,20,21,23). The molecule has 0 saturated carbocycles.